The summed E-state index contributed by atoms with van der Waals surface area (Å²) in [5, 5.41) is 1.20. The van der Waals surface area contributed by atoms with Crippen molar-refractivity contribution in [2.75, 3.05) is 12.4 Å². The highest BCUT2D eigenvalue weighted by molar-refractivity contribution is 7.92. The summed E-state index contributed by atoms with van der Waals surface area (Å²) >= 11 is 0. The Morgan fingerprint density at radius 1 is 1.17 bits per heavy atom. The number of hydrogen-bond acceptors (Lipinski definition) is 4. The predicted octanol–water partition coefficient (Wildman–Crippen LogP) is 2.78. The smallest absolute Gasteiger partial charge is 0.242 e. The van der Waals surface area contributed by atoms with Crippen molar-refractivity contribution in [2.24, 2.45) is 0 Å². The minimum Gasteiger partial charge on any atom is -0.495 e. The van der Waals surface area contributed by atoms with E-state index >= 15 is 0 Å². The summed E-state index contributed by atoms with van der Waals surface area (Å²) in [7, 11) is -2.42. The van der Waals surface area contributed by atoms with E-state index in [1.54, 1.807) is 30.3 Å². The number of para-hydroxylation sites is 2. The molecule has 0 aromatic heterocycles. The predicted molar refractivity (Wildman–Crippen MR) is 90.1 cm³/mol. The molecular formula is C17H18FNO4S. The summed E-state index contributed by atoms with van der Waals surface area (Å²) < 4.78 is 43.5. The van der Waals surface area contributed by atoms with Gasteiger partial charge in [-0.05, 0) is 25.1 Å². The monoisotopic (exact) mass is 351 g/mol. The zero-order valence-electron chi connectivity index (χ0n) is 13.3. The first-order valence-electron chi connectivity index (χ1n) is 7.24. The molecule has 2 aromatic carbocycles. The van der Waals surface area contributed by atoms with Crippen molar-refractivity contribution in [1.29, 1.82) is 0 Å². The average Bonchev–Trinajstić information content (AvgIpc) is 2.56. The Bertz CT molecular complexity index is 836. The molecule has 0 aliphatic rings. The van der Waals surface area contributed by atoms with Crippen LogP contribution in [-0.2, 0) is 20.4 Å². The second-order valence-corrected chi connectivity index (χ2v) is 7.55. The van der Waals surface area contributed by atoms with Crippen LogP contribution in [0.25, 0.3) is 0 Å². The van der Waals surface area contributed by atoms with E-state index in [4.69, 9.17) is 4.74 Å². The van der Waals surface area contributed by atoms with Gasteiger partial charge in [0.15, 0.2) is 9.84 Å². The fourth-order valence-corrected chi connectivity index (χ4v) is 3.41. The summed E-state index contributed by atoms with van der Waals surface area (Å²) in [6, 6.07) is 12.3. The lowest BCUT2D eigenvalue weighted by Crippen LogP contribution is -2.33. The second kappa shape index (κ2) is 7.44. The Labute approximate surface area is 140 Å². The van der Waals surface area contributed by atoms with E-state index in [2.05, 4.69) is 5.32 Å². The fraction of sp³-hybridized carbons (Fsp3) is 0.235. The van der Waals surface area contributed by atoms with Crippen LogP contribution in [0.2, 0.25) is 0 Å². The van der Waals surface area contributed by atoms with E-state index in [1.807, 2.05) is 0 Å². The Kier molecular flexibility index (Phi) is 5.56. The van der Waals surface area contributed by atoms with Gasteiger partial charge in [0.25, 0.3) is 0 Å². The standard InChI is InChI=1S/C17H18FNO4S/c1-12(17(20)19-15-9-5-6-10-16(15)23-2)24(21,22)11-13-7-3-4-8-14(13)18/h3-10,12H,11H2,1-2H3,(H,19,20)/t12-/m1/s1. The Morgan fingerprint density at radius 3 is 2.46 bits per heavy atom. The van der Waals surface area contributed by atoms with Crippen LogP contribution in [0.5, 0.6) is 5.75 Å². The fourth-order valence-electron chi connectivity index (χ4n) is 2.10. The van der Waals surface area contributed by atoms with Crippen molar-refractivity contribution in [2.45, 2.75) is 17.9 Å². The van der Waals surface area contributed by atoms with Gasteiger partial charge >= 0.3 is 0 Å². The van der Waals surface area contributed by atoms with Crippen molar-refractivity contribution in [3.63, 3.8) is 0 Å². The zero-order chi connectivity index (χ0) is 17.7. The van der Waals surface area contributed by atoms with Crippen LogP contribution in [0.3, 0.4) is 0 Å². The van der Waals surface area contributed by atoms with Gasteiger partial charge in [0.2, 0.25) is 5.91 Å². The molecule has 0 unspecified atom stereocenters. The summed E-state index contributed by atoms with van der Waals surface area (Å²) in [6.45, 7) is 1.28. The maximum absolute atomic E-state index is 13.6. The first-order chi connectivity index (χ1) is 11.3. The Balaban J connectivity index is 2.16. The van der Waals surface area contributed by atoms with Crippen LogP contribution in [0.1, 0.15) is 12.5 Å². The number of carbonyl (C=O) groups is 1. The molecule has 1 atom stereocenters. The van der Waals surface area contributed by atoms with E-state index in [0.29, 0.717) is 11.4 Å². The van der Waals surface area contributed by atoms with Crippen molar-refractivity contribution in [3.8, 4) is 5.75 Å². The molecule has 24 heavy (non-hydrogen) atoms. The highest BCUT2D eigenvalue weighted by Gasteiger charge is 2.29. The van der Waals surface area contributed by atoms with Crippen LogP contribution in [0.15, 0.2) is 48.5 Å². The van der Waals surface area contributed by atoms with Gasteiger partial charge in [0, 0.05) is 5.56 Å². The average molecular weight is 351 g/mol. The largest absolute Gasteiger partial charge is 0.495 e. The lowest BCUT2D eigenvalue weighted by atomic mass is 10.2. The van der Waals surface area contributed by atoms with Crippen molar-refractivity contribution >= 4 is 21.4 Å². The molecule has 0 saturated carbocycles. The molecule has 0 heterocycles. The molecule has 0 radical (unpaired) electrons. The van der Waals surface area contributed by atoms with E-state index in [0.717, 1.165) is 0 Å². The molecule has 2 aromatic rings. The number of anilines is 1. The van der Waals surface area contributed by atoms with E-state index in [1.165, 1.54) is 32.2 Å². The molecular weight excluding hydrogens is 333 g/mol. The van der Waals surface area contributed by atoms with Gasteiger partial charge in [0.05, 0.1) is 18.6 Å². The Morgan fingerprint density at radius 2 is 1.79 bits per heavy atom. The highest BCUT2D eigenvalue weighted by Crippen LogP contribution is 2.24. The van der Waals surface area contributed by atoms with Crippen molar-refractivity contribution in [3.05, 3.63) is 59.9 Å². The van der Waals surface area contributed by atoms with Crippen LogP contribution >= 0.6 is 0 Å². The summed E-state index contributed by atoms with van der Waals surface area (Å²) in [4.78, 5) is 12.3. The molecule has 5 nitrogen and oxygen atoms in total. The number of sulfone groups is 1. The van der Waals surface area contributed by atoms with Gasteiger partial charge < -0.3 is 10.1 Å². The number of nitrogens with one attached hydrogen (secondary N) is 1. The maximum atomic E-state index is 13.6. The van der Waals surface area contributed by atoms with Crippen molar-refractivity contribution < 1.29 is 22.3 Å². The van der Waals surface area contributed by atoms with Crippen LogP contribution in [0, 0.1) is 5.82 Å². The van der Waals surface area contributed by atoms with Gasteiger partial charge in [-0.2, -0.15) is 0 Å². The number of amides is 1. The molecule has 0 fully saturated rings. The number of rotatable bonds is 6. The van der Waals surface area contributed by atoms with Gasteiger partial charge in [-0.3, -0.25) is 4.79 Å². The van der Waals surface area contributed by atoms with E-state index < -0.39 is 32.6 Å². The number of methoxy groups -OCH3 is 1. The molecule has 2 rings (SSSR count). The second-order valence-electron chi connectivity index (χ2n) is 5.23. The lowest BCUT2D eigenvalue weighted by molar-refractivity contribution is -0.115. The molecule has 0 bridgehead atoms. The van der Waals surface area contributed by atoms with Gasteiger partial charge in [-0.25, -0.2) is 12.8 Å². The molecule has 1 N–H and O–H groups in total. The molecule has 0 saturated heterocycles. The van der Waals surface area contributed by atoms with Gasteiger partial charge in [-0.15, -0.1) is 0 Å². The van der Waals surface area contributed by atoms with Crippen LogP contribution in [0.4, 0.5) is 10.1 Å². The third-order valence-electron chi connectivity index (χ3n) is 3.59. The summed E-state index contributed by atoms with van der Waals surface area (Å²) in [5.41, 5.74) is 0.410. The van der Waals surface area contributed by atoms with E-state index in [9.17, 15) is 17.6 Å². The lowest BCUT2D eigenvalue weighted by Gasteiger charge is -2.15. The third kappa shape index (κ3) is 4.11. The number of hydrogen-bond donors (Lipinski definition) is 1. The molecule has 128 valence electrons. The van der Waals surface area contributed by atoms with Crippen molar-refractivity contribution in [1.82, 2.24) is 0 Å². The maximum Gasteiger partial charge on any atom is 0.242 e. The highest BCUT2D eigenvalue weighted by atomic mass is 32.2. The minimum atomic E-state index is -3.87. The first-order valence-corrected chi connectivity index (χ1v) is 8.95. The normalized spacial score (nSPS) is 12.5. The summed E-state index contributed by atoms with van der Waals surface area (Å²) in [6.07, 6.45) is 0. The third-order valence-corrected chi connectivity index (χ3v) is 5.59. The molecule has 1 amide bonds. The molecule has 0 aliphatic carbocycles. The van der Waals surface area contributed by atoms with Crippen LogP contribution in [-0.4, -0.2) is 26.7 Å². The van der Waals surface area contributed by atoms with E-state index in [-0.39, 0.29) is 5.56 Å². The molecule has 0 aliphatic heterocycles. The number of halogens is 1. The summed E-state index contributed by atoms with van der Waals surface area (Å²) in [5.74, 6) is -1.43. The quantitative estimate of drug-likeness (QED) is 0.869. The van der Waals surface area contributed by atoms with Gasteiger partial charge in [-0.1, -0.05) is 30.3 Å². The first kappa shape index (κ1) is 17.9. The SMILES string of the molecule is COc1ccccc1NC(=O)[C@@H](C)S(=O)(=O)Cc1ccccc1F. The molecule has 0 spiro atoms. The molecule has 7 heteroatoms. The topological polar surface area (TPSA) is 72.5 Å². The number of carbonyl (C=O) groups excluding carboxylic acids is 1. The Hall–Kier alpha value is -2.41. The van der Waals surface area contributed by atoms with Gasteiger partial charge in [0.1, 0.15) is 16.8 Å². The minimum absolute atomic E-state index is 0.0365. The number of ether oxygens (including phenoxy) is 1. The zero-order valence-corrected chi connectivity index (χ0v) is 14.1. The number of benzene rings is 2. The van der Waals surface area contributed by atoms with Crippen LogP contribution < -0.4 is 10.1 Å².